The Kier molecular flexibility index (Phi) is 7.28. The van der Waals surface area contributed by atoms with E-state index in [1.165, 1.54) is 0 Å². The molecule has 1 heterocycles. The van der Waals surface area contributed by atoms with Crippen molar-refractivity contribution in [2.24, 2.45) is 9.98 Å². The van der Waals surface area contributed by atoms with Gasteiger partial charge >= 0.3 is 6.09 Å². The van der Waals surface area contributed by atoms with Crippen LogP contribution in [0, 0.1) is 0 Å². The van der Waals surface area contributed by atoms with Crippen LogP contribution in [0.4, 0.5) is 14.9 Å². The molecule has 1 aromatic heterocycles. The van der Waals surface area contributed by atoms with Gasteiger partial charge in [0.1, 0.15) is 11.6 Å². The summed E-state index contributed by atoms with van der Waals surface area (Å²) < 4.78 is 20.6. The second-order valence-electron chi connectivity index (χ2n) is 7.02. The summed E-state index contributed by atoms with van der Waals surface area (Å²) >= 11 is 5.64. The minimum absolute atomic E-state index is 0.0397. The van der Waals surface area contributed by atoms with Crippen LogP contribution in [-0.2, 0) is 4.74 Å². The van der Waals surface area contributed by atoms with E-state index >= 15 is 0 Å². The Bertz CT molecular complexity index is 929. The van der Waals surface area contributed by atoms with Crippen molar-refractivity contribution in [3.8, 4) is 11.1 Å². The number of nitrogens with zero attached hydrogens (tertiary/aromatic N) is 5. The summed E-state index contributed by atoms with van der Waals surface area (Å²) in [5, 5.41) is 4.05. The largest absolute Gasteiger partial charge is 0.442 e. The first-order chi connectivity index (χ1) is 13.7. The average Bonchev–Trinajstić information content (AvgIpc) is 3.15. The van der Waals surface area contributed by atoms with Crippen LogP contribution in [0.25, 0.3) is 11.1 Å². The zero-order valence-corrected chi connectivity index (χ0v) is 17.5. The fourth-order valence-electron chi connectivity index (χ4n) is 2.42. The number of aliphatic imine (C=N–C) groups is 2. The third kappa shape index (κ3) is 5.99. The number of rotatable bonds is 5. The summed E-state index contributed by atoms with van der Waals surface area (Å²) in [5.74, 6) is -0.608. The van der Waals surface area contributed by atoms with Crippen molar-refractivity contribution in [1.29, 1.82) is 0 Å². The van der Waals surface area contributed by atoms with Gasteiger partial charge in [-0.2, -0.15) is 9.78 Å². The molecule has 0 atom stereocenters. The molecule has 0 N–H and O–H groups in total. The SMILES string of the molecule is C=N/C=C(/F)C(=NCCl)N(C)c1ccc(-c2cnn(C(=O)OC(C)(C)C)c2)cc1. The van der Waals surface area contributed by atoms with Gasteiger partial charge in [-0.25, -0.2) is 14.2 Å². The molecule has 0 bridgehead atoms. The van der Waals surface area contributed by atoms with Crippen LogP contribution >= 0.6 is 11.6 Å². The predicted octanol–water partition coefficient (Wildman–Crippen LogP) is 4.88. The number of ether oxygens (including phenoxy) is 1. The molecule has 9 heteroatoms. The highest BCUT2D eigenvalue weighted by Crippen LogP contribution is 2.24. The summed E-state index contributed by atoms with van der Waals surface area (Å²) in [5.41, 5.74) is 1.64. The molecule has 2 aromatic rings. The van der Waals surface area contributed by atoms with Crippen molar-refractivity contribution in [1.82, 2.24) is 9.78 Å². The summed E-state index contributed by atoms with van der Waals surface area (Å²) in [4.78, 5) is 21.0. The van der Waals surface area contributed by atoms with Crippen molar-refractivity contribution < 1.29 is 13.9 Å². The molecule has 0 aliphatic rings. The normalized spacial score (nSPS) is 12.6. The van der Waals surface area contributed by atoms with Crippen molar-refractivity contribution in [2.45, 2.75) is 26.4 Å². The molecule has 0 saturated heterocycles. The van der Waals surface area contributed by atoms with Gasteiger partial charge in [-0.05, 0) is 45.2 Å². The number of alkyl halides is 1. The minimum Gasteiger partial charge on any atom is -0.442 e. The van der Waals surface area contributed by atoms with Crippen LogP contribution in [-0.4, -0.2) is 47.1 Å². The number of halogens is 2. The van der Waals surface area contributed by atoms with Crippen LogP contribution < -0.4 is 4.90 Å². The molecule has 0 radical (unpaired) electrons. The lowest BCUT2D eigenvalue weighted by Crippen LogP contribution is -2.27. The molecule has 1 aromatic carbocycles. The quantitative estimate of drug-likeness (QED) is 0.300. The van der Waals surface area contributed by atoms with E-state index in [2.05, 4.69) is 21.8 Å². The molecular weight excluding hydrogens is 397 g/mol. The van der Waals surface area contributed by atoms with E-state index in [0.717, 1.165) is 22.0 Å². The number of aromatic nitrogens is 2. The van der Waals surface area contributed by atoms with Crippen molar-refractivity contribution >= 4 is 35.9 Å². The van der Waals surface area contributed by atoms with Crippen molar-refractivity contribution in [3.05, 3.63) is 48.7 Å². The highest BCUT2D eigenvalue weighted by molar-refractivity contribution is 6.19. The molecule has 29 heavy (non-hydrogen) atoms. The van der Waals surface area contributed by atoms with Gasteiger partial charge < -0.3 is 9.64 Å². The molecule has 0 fully saturated rings. The Hall–Kier alpha value is -3.00. The number of likely N-dealkylation sites (N-methyl/N-ethyl adjacent to an activating group) is 1. The maximum atomic E-state index is 14.2. The van der Waals surface area contributed by atoms with Gasteiger partial charge in [0.25, 0.3) is 0 Å². The third-order valence-corrected chi connectivity index (χ3v) is 3.82. The van der Waals surface area contributed by atoms with E-state index in [4.69, 9.17) is 16.3 Å². The summed E-state index contributed by atoms with van der Waals surface area (Å²) in [6.07, 6.45) is 3.58. The Labute approximate surface area is 174 Å². The molecule has 7 nitrogen and oxygen atoms in total. The number of hydrogen-bond donors (Lipinski definition) is 0. The number of carbonyl (C=O) groups excluding carboxylic acids is 1. The average molecular weight is 420 g/mol. The molecule has 154 valence electrons. The molecule has 0 unspecified atom stereocenters. The fraction of sp³-hybridized carbons (Fsp3) is 0.300. The van der Waals surface area contributed by atoms with Crippen LogP contribution in [0.15, 0.2) is 58.7 Å². The smallest absolute Gasteiger partial charge is 0.435 e. The zero-order chi connectivity index (χ0) is 21.6. The van der Waals surface area contributed by atoms with Crippen LogP contribution in [0.1, 0.15) is 20.8 Å². The molecule has 0 amide bonds. The maximum Gasteiger partial charge on any atom is 0.435 e. The lowest BCUT2D eigenvalue weighted by Gasteiger charge is -2.20. The Morgan fingerprint density at radius 3 is 2.55 bits per heavy atom. The van der Waals surface area contributed by atoms with Crippen molar-refractivity contribution in [2.75, 3.05) is 18.0 Å². The van der Waals surface area contributed by atoms with E-state index in [1.54, 1.807) is 57.2 Å². The van der Waals surface area contributed by atoms with E-state index in [-0.39, 0.29) is 11.8 Å². The van der Waals surface area contributed by atoms with Gasteiger partial charge in [0.2, 0.25) is 0 Å². The predicted molar refractivity (Wildman–Crippen MR) is 115 cm³/mol. The topological polar surface area (TPSA) is 72.1 Å². The molecule has 2 rings (SSSR count). The number of benzene rings is 1. The van der Waals surface area contributed by atoms with E-state index in [1.807, 2.05) is 12.1 Å². The highest BCUT2D eigenvalue weighted by Gasteiger charge is 2.19. The van der Waals surface area contributed by atoms with E-state index in [9.17, 15) is 9.18 Å². The van der Waals surface area contributed by atoms with Gasteiger partial charge in [-0.1, -0.05) is 12.1 Å². The first kappa shape index (κ1) is 22.3. The Morgan fingerprint density at radius 1 is 1.34 bits per heavy atom. The standard InChI is InChI=1S/C20H23ClFN5O2/c1-20(2,3)29-19(28)27-12-15(10-25-27)14-6-8-16(9-7-14)26(5)18(24-13-21)17(22)11-23-4/h6-12H,4,13H2,1-3,5H3/b17-11+,24-18?. The Balaban J connectivity index is 2.22. The van der Waals surface area contributed by atoms with Gasteiger partial charge in [0.15, 0.2) is 11.7 Å². The fourth-order valence-corrected chi connectivity index (χ4v) is 2.53. The highest BCUT2D eigenvalue weighted by atomic mass is 35.5. The lowest BCUT2D eigenvalue weighted by atomic mass is 10.1. The lowest BCUT2D eigenvalue weighted by molar-refractivity contribution is 0.0514. The first-order valence-electron chi connectivity index (χ1n) is 8.70. The third-order valence-electron chi connectivity index (χ3n) is 3.70. The van der Waals surface area contributed by atoms with Crippen LogP contribution in [0.5, 0.6) is 0 Å². The summed E-state index contributed by atoms with van der Waals surface area (Å²) in [7, 11) is 1.66. The van der Waals surface area contributed by atoms with Gasteiger partial charge in [0.05, 0.1) is 12.4 Å². The van der Waals surface area contributed by atoms with Crippen LogP contribution in [0.2, 0.25) is 0 Å². The minimum atomic E-state index is -0.647. The van der Waals surface area contributed by atoms with Gasteiger partial charge in [0, 0.05) is 24.5 Å². The summed E-state index contributed by atoms with van der Waals surface area (Å²) in [6, 6.07) is 7.14. The summed E-state index contributed by atoms with van der Waals surface area (Å²) in [6.45, 7) is 8.60. The van der Waals surface area contributed by atoms with E-state index < -0.39 is 17.5 Å². The molecular formula is C20H23ClFN5O2. The Morgan fingerprint density at radius 2 is 2.00 bits per heavy atom. The van der Waals surface area contributed by atoms with Gasteiger partial charge in [-0.3, -0.25) is 4.99 Å². The van der Waals surface area contributed by atoms with Gasteiger partial charge in [-0.15, -0.1) is 11.6 Å². The maximum absolute atomic E-state index is 14.2. The van der Waals surface area contributed by atoms with Crippen molar-refractivity contribution in [3.63, 3.8) is 0 Å². The molecule has 0 saturated carbocycles. The number of carbonyl (C=O) groups is 1. The van der Waals surface area contributed by atoms with Crippen LogP contribution in [0.3, 0.4) is 0 Å². The first-order valence-corrected chi connectivity index (χ1v) is 9.24. The number of hydrogen-bond acceptors (Lipinski definition) is 5. The number of amidine groups is 1. The second kappa shape index (κ2) is 9.47. The number of anilines is 1. The second-order valence-corrected chi connectivity index (χ2v) is 7.26. The zero-order valence-electron chi connectivity index (χ0n) is 16.8. The molecule has 0 aliphatic carbocycles. The molecule has 0 spiro atoms. The molecule has 0 aliphatic heterocycles. The van der Waals surface area contributed by atoms with E-state index in [0.29, 0.717) is 5.69 Å². The monoisotopic (exact) mass is 419 g/mol.